The second kappa shape index (κ2) is 5.72. The third-order valence-corrected chi connectivity index (χ3v) is 3.28. The molecule has 1 aromatic heterocycles. The molecule has 0 saturated heterocycles. The number of nitrogens with two attached hydrogens (primary N) is 1. The Morgan fingerprint density at radius 3 is 2.70 bits per heavy atom. The molecule has 0 fully saturated rings. The van der Waals surface area contributed by atoms with E-state index < -0.39 is 15.9 Å². The Morgan fingerprint density at radius 2 is 2.05 bits per heavy atom. The Balaban J connectivity index is 2.08. The van der Waals surface area contributed by atoms with Gasteiger partial charge in [0.15, 0.2) is 0 Å². The van der Waals surface area contributed by atoms with Gasteiger partial charge >= 0.3 is 0 Å². The number of furan rings is 1. The lowest BCUT2D eigenvalue weighted by atomic mass is 10.3. The monoisotopic (exact) mass is 292 g/mol. The maximum absolute atomic E-state index is 11.6. The van der Waals surface area contributed by atoms with Crippen LogP contribution in [0.3, 0.4) is 0 Å². The molecule has 2 rings (SSSR count). The molecule has 0 aliphatic carbocycles. The first-order valence-electron chi connectivity index (χ1n) is 5.60. The molecule has 0 unspecified atom stereocenters. The van der Waals surface area contributed by atoms with Crippen LogP contribution in [-0.2, 0) is 14.8 Å². The Hall–Kier alpha value is -2.38. The second-order valence-electron chi connectivity index (χ2n) is 3.91. The Bertz CT molecular complexity index is 733. The molecule has 0 atom stereocenters. The number of hydrogen-bond donors (Lipinski definition) is 2. The number of carbonyl (C=O) groups excluding carboxylic acids is 1. The van der Waals surface area contributed by atoms with Crippen molar-refractivity contribution < 1.29 is 17.6 Å². The summed E-state index contributed by atoms with van der Waals surface area (Å²) in [5.74, 6) is 0.131. The van der Waals surface area contributed by atoms with Crippen LogP contribution in [0, 0.1) is 0 Å². The molecule has 104 valence electrons. The normalized spacial score (nSPS) is 11.7. The summed E-state index contributed by atoms with van der Waals surface area (Å²) in [7, 11) is -3.79. The van der Waals surface area contributed by atoms with Crippen LogP contribution in [-0.4, -0.2) is 14.3 Å². The summed E-state index contributed by atoms with van der Waals surface area (Å²) in [6.45, 7) is 0. The lowest BCUT2D eigenvalue weighted by Crippen LogP contribution is -2.13. The van der Waals surface area contributed by atoms with Gasteiger partial charge in [-0.3, -0.25) is 4.79 Å². The van der Waals surface area contributed by atoms with E-state index >= 15 is 0 Å². The standard InChI is InChI=1S/C13H12N2O4S/c14-20(17,18)12-5-1-3-10(9-12)15-13(16)7-6-11-4-2-8-19-11/h1-9H,(H,15,16)(H2,14,17,18)/b7-6-. The predicted octanol–water partition coefficient (Wildman–Crippen LogP) is 1.58. The van der Waals surface area contributed by atoms with Gasteiger partial charge in [-0.2, -0.15) is 0 Å². The Morgan fingerprint density at radius 1 is 1.25 bits per heavy atom. The highest BCUT2D eigenvalue weighted by Gasteiger charge is 2.08. The lowest BCUT2D eigenvalue weighted by Gasteiger charge is -2.04. The van der Waals surface area contributed by atoms with Crippen molar-refractivity contribution in [2.75, 3.05) is 5.32 Å². The number of amides is 1. The summed E-state index contributed by atoms with van der Waals surface area (Å²) in [5, 5.41) is 7.54. The molecule has 0 bridgehead atoms. The van der Waals surface area contributed by atoms with Crippen LogP contribution >= 0.6 is 0 Å². The van der Waals surface area contributed by atoms with Crippen LogP contribution in [0.4, 0.5) is 5.69 Å². The van der Waals surface area contributed by atoms with Gasteiger partial charge in [-0.25, -0.2) is 13.6 Å². The minimum Gasteiger partial charge on any atom is -0.465 e. The van der Waals surface area contributed by atoms with E-state index in [9.17, 15) is 13.2 Å². The van der Waals surface area contributed by atoms with Crippen LogP contribution in [0.25, 0.3) is 6.08 Å². The molecule has 0 aliphatic rings. The van der Waals surface area contributed by atoms with Gasteiger partial charge in [0.2, 0.25) is 15.9 Å². The van der Waals surface area contributed by atoms with Gasteiger partial charge in [0.1, 0.15) is 5.76 Å². The summed E-state index contributed by atoms with van der Waals surface area (Å²) in [6, 6.07) is 9.09. The molecular weight excluding hydrogens is 280 g/mol. The van der Waals surface area contributed by atoms with Crippen molar-refractivity contribution in [2.45, 2.75) is 4.90 Å². The van der Waals surface area contributed by atoms with E-state index in [1.165, 1.54) is 36.6 Å². The molecular formula is C13H12N2O4S. The minimum absolute atomic E-state index is 0.0645. The van der Waals surface area contributed by atoms with E-state index in [2.05, 4.69) is 5.32 Å². The first-order chi connectivity index (χ1) is 9.45. The van der Waals surface area contributed by atoms with E-state index in [0.29, 0.717) is 11.4 Å². The van der Waals surface area contributed by atoms with Crippen molar-refractivity contribution >= 4 is 27.7 Å². The number of anilines is 1. The SMILES string of the molecule is NS(=O)(=O)c1cccc(NC(=O)/C=C\c2ccco2)c1. The van der Waals surface area contributed by atoms with Gasteiger partial charge in [0.05, 0.1) is 11.2 Å². The van der Waals surface area contributed by atoms with Gasteiger partial charge < -0.3 is 9.73 Å². The van der Waals surface area contributed by atoms with Crippen molar-refractivity contribution in [2.24, 2.45) is 5.14 Å². The van der Waals surface area contributed by atoms with Gasteiger partial charge in [0.25, 0.3) is 0 Å². The maximum Gasteiger partial charge on any atom is 0.248 e. The maximum atomic E-state index is 11.6. The smallest absolute Gasteiger partial charge is 0.248 e. The molecule has 1 aromatic carbocycles. The fourth-order valence-corrected chi connectivity index (χ4v) is 2.04. The van der Waals surface area contributed by atoms with Gasteiger partial charge in [-0.05, 0) is 36.4 Å². The number of primary sulfonamides is 1. The van der Waals surface area contributed by atoms with E-state index in [4.69, 9.17) is 9.56 Å². The zero-order chi connectivity index (χ0) is 14.6. The molecule has 0 aliphatic heterocycles. The van der Waals surface area contributed by atoms with Gasteiger partial charge in [0, 0.05) is 11.8 Å². The highest BCUT2D eigenvalue weighted by Crippen LogP contribution is 2.14. The molecule has 20 heavy (non-hydrogen) atoms. The predicted molar refractivity (Wildman–Crippen MR) is 74.2 cm³/mol. The highest BCUT2D eigenvalue weighted by molar-refractivity contribution is 7.89. The van der Waals surface area contributed by atoms with Gasteiger partial charge in [-0.15, -0.1) is 0 Å². The lowest BCUT2D eigenvalue weighted by molar-refractivity contribution is -0.111. The average Bonchev–Trinajstić information content (AvgIpc) is 2.89. The molecule has 0 spiro atoms. The second-order valence-corrected chi connectivity index (χ2v) is 5.47. The van der Waals surface area contributed by atoms with Crippen molar-refractivity contribution in [3.63, 3.8) is 0 Å². The third kappa shape index (κ3) is 3.81. The van der Waals surface area contributed by atoms with Crippen LogP contribution in [0.5, 0.6) is 0 Å². The quantitative estimate of drug-likeness (QED) is 0.835. The van der Waals surface area contributed by atoms with Crippen LogP contribution in [0.15, 0.2) is 58.1 Å². The van der Waals surface area contributed by atoms with E-state index in [1.54, 1.807) is 18.2 Å². The summed E-state index contributed by atoms with van der Waals surface area (Å²) in [6.07, 6.45) is 4.27. The number of nitrogens with one attached hydrogen (secondary N) is 1. The molecule has 3 N–H and O–H groups in total. The van der Waals surface area contributed by atoms with Crippen LogP contribution in [0.2, 0.25) is 0 Å². The average molecular weight is 292 g/mol. The third-order valence-electron chi connectivity index (χ3n) is 2.37. The number of benzene rings is 1. The van der Waals surface area contributed by atoms with E-state index in [-0.39, 0.29) is 4.90 Å². The number of rotatable bonds is 4. The van der Waals surface area contributed by atoms with E-state index in [0.717, 1.165) is 0 Å². The highest BCUT2D eigenvalue weighted by atomic mass is 32.2. The molecule has 0 radical (unpaired) electrons. The molecule has 1 heterocycles. The minimum atomic E-state index is -3.79. The van der Waals surface area contributed by atoms with E-state index in [1.807, 2.05) is 0 Å². The summed E-state index contributed by atoms with van der Waals surface area (Å²) >= 11 is 0. The fourth-order valence-electron chi connectivity index (χ4n) is 1.48. The molecule has 6 nitrogen and oxygen atoms in total. The number of hydrogen-bond acceptors (Lipinski definition) is 4. The summed E-state index contributed by atoms with van der Waals surface area (Å²) in [4.78, 5) is 11.6. The number of carbonyl (C=O) groups is 1. The van der Waals surface area contributed by atoms with Crippen LogP contribution in [0.1, 0.15) is 5.76 Å². The topological polar surface area (TPSA) is 102 Å². The number of sulfonamides is 1. The zero-order valence-corrected chi connectivity index (χ0v) is 11.1. The summed E-state index contributed by atoms with van der Waals surface area (Å²) < 4.78 is 27.4. The first kappa shape index (κ1) is 14.0. The molecule has 7 heteroatoms. The largest absolute Gasteiger partial charge is 0.465 e. The summed E-state index contributed by atoms with van der Waals surface area (Å²) in [5.41, 5.74) is 0.339. The van der Waals surface area contributed by atoms with Crippen molar-refractivity contribution in [3.8, 4) is 0 Å². The van der Waals surface area contributed by atoms with Crippen molar-refractivity contribution in [1.82, 2.24) is 0 Å². The Kier molecular flexibility index (Phi) is 4.02. The first-order valence-corrected chi connectivity index (χ1v) is 7.15. The molecule has 2 aromatic rings. The fraction of sp³-hybridized carbons (Fsp3) is 0. The zero-order valence-electron chi connectivity index (χ0n) is 10.3. The van der Waals surface area contributed by atoms with Crippen molar-refractivity contribution in [1.29, 1.82) is 0 Å². The Labute approximate surface area is 116 Å². The van der Waals surface area contributed by atoms with Crippen LogP contribution < -0.4 is 10.5 Å². The molecule has 1 amide bonds. The van der Waals surface area contributed by atoms with Gasteiger partial charge in [-0.1, -0.05) is 6.07 Å². The molecule has 0 saturated carbocycles. The van der Waals surface area contributed by atoms with Crippen molar-refractivity contribution in [3.05, 3.63) is 54.5 Å².